The molecule has 0 aromatic rings. The minimum absolute atomic E-state index is 0.218. The maximum atomic E-state index is 12.4. The molecule has 0 radical (unpaired) electrons. The van der Waals surface area contributed by atoms with Gasteiger partial charge in [-0.1, -0.05) is 19.3 Å². The van der Waals surface area contributed by atoms with E-state index in [0.29, 0.717) is 12.5 Å². The van der Waals surface area contributed by atoms with Gasteiger partial charge in [-0.25, -0.2) is 0 Å². The third kappa shape index (κ3) is 3.93. The Balaban J connectivity index is 1.81. The summed E-state index contributed by atoms with van der Waals surface area (Å²) in [7, 11) is 0. The van der Waals surface area contributed by atoms with E-state index in [4.69, 9.17) is 5.73 Å². The summed E-state index contributed by atoms with van der Waals surface area (Å²) in [6, 6.07) is 0.580. The highest BCUT2D eigenvalue weighted by Gasteiger charge is 2.32. The highest BCUT2D eigenvalue weighted by molar-refractivity contribution is 5.77. The largest absolute Gasteiger partial charge is 0.340 e. The van der Waals surface area contributed by atoms with Gasteiger partial charge in [-0.15, -0.1) is 0 Å². The number of amides is 1. The minimum Gasteiger partial charge on any atom is -0.340 e. The fourth-order valence-electron chi connectivity index (χ4n) is 3.33. The molecule has 4 nitrogen and oxygen atoms in total. The molecule has 2 aliphatic rings. The van der Waals surface area contributed by atoms with Crippen molar-refractivity contribution in [1.82, 2.24) is 9.80 Å². The summed E-state index contributed by atoms with van der Waals surface area (Å²) in [4.78, 5) is 16.8. The van der Waals surface area contributed by atoms with Gasteiger partial charge in [-0.3, -0.25) is 9.69 Å². The van der Waals surface area contributed by atoms with E-state index in [-0.39, 0.29) is 11.4 Å². The van der Waals surface area contributed by atoms with E-state index in [2.05, 4.69) is 18.7 Å². The monoisotopic (exact) mass is 267 g/mol. The second-order valence-electron chi connectivity index (χ2n) is 6.61. The maximum absolute atomic E-state index is 12.4. The smallest absolute Gasteiger partial charge is 0.224 e. The Hall–Kier alpha value is -0.610. The van der Waals surface area contributed by atoms with Gasteiger partial charge in [-0.05, 0) is 26.7 Å². The number of carbonyl (C=O) groups excluding carboxylic acids is 1. The number of nitrogens with two attached hydrogens (primary N) is 1. The summed E-state index contributed by atoms with van der Waals surface area (Å²) >= 11 is 0. The molecule has 1 amide bonds. The third-order valence-corrected chi connectivity index (χ3v) is 4.75. The number of rotatable bonds is 3. The lowest BCUT2D eigenvalue weighted by molar-refractivity contribution is -0.134. The average Bonchev–Trinajstić information content (AvgIpc) is 2.39. The van der Waals surface area contributed by atoms with Crippen molar-refractivity contribution in [3.8, 4) is 0 Å². The summed E-state index contributed by atoms with van der Waals surface area (Å²) in [5.41, 5.74) is 6.17. The van der Waals surface area contributed by atoms with E-state index >= 15 is 0 Å². The summed E-state index contributed by atoms with van der Waals surface area (Å²) in [5.74, 6) is 0.271. The van der Waals surface area contributed by atoms with Crippen molar-refractivity contribution in [3.63, 3.8) is 0 Å². The number of piperazine rings is 1. The summed E-state index contributed by atoms with van der Waals surface area (Å²) < 4.78 is 0. The Kier molecular flexibility index (Phi) is 4.85. The van der Waals surface area contributed by atoms with Gasteiger partial charge in [0.2, 0.25) is 5.91 Å². The molecule has 2 fully saturated rings. The molecular weight excluding hydrogens is 238 g/mol. The van der Waals surface area contributed by atoms with Crippen molar-refractivity contribution in [2.24, 2.45) is 5.73 Å². The number of carbonyl (C=O) groups is 1. The molecule has 1 saturated carbocycles. The van der Waals surface area contributed by atoms with Crippen LogP contribution in [0.4, 0.5) is 0 Å². The molecule has 0 unspecified atom stereocenters. The van der Waals surface area contributed by atoms with Crippen molar-refractivity contribution in [2.45, 2.75) is 64.0 Å². The first-order valence-electron chi connectivity index (χ1n) is 7.81. The zero-order chi connectivity index (χ0) is 13.9. The van der Waals surface area contributed by atoms with Crippen molar-refractivity contribution in [3.05, 3.63) is 0 Å². The van der Waals surface area contributed by atoms with E-state index in [1.807, 2.05) is 4.90 Å². The van der Waals surface area contributed by atoms with Crippen LogP contribution >= 0.6 is 0 Å². The second-order valence-corrected chi connectivity index (χ2v) is 6.61. The van der Waals surface area contributed by atoms with Crippen LogP contribution in [-0.2, 0) is 4.79 Å². The predicted octanol–water partition coefficient (Wildman–Crippen LogP) is 1.59. The molecule has 2 rings (SSSR count). The van der Waals surface area contributed by atoms with Crippen LogP contribution in [0.25, 0.3) is 0 Å². The van der Waals surface area contributed by atoms with Gasteiger partial charge in [0, 0.05) is 44.2 Å². The molecular formula is C15H29N3O. The standard InChI is InChI=1S/C15H29N3O/c1-13(2)17-8-10-18(11-9-17)14(19)12-15(16)6-4-3-5-7-15/h13H,3-12,16H2,1-2H3. The summed E-state index contributed by atoms with van der Waals surface area (Å²) in [6.07, 6.45) is 6.24. The Morgan fingerprint density at radius 2 is 1.68 bits per heavy atom. The van der Waals surface area contributed by atoms with E-state index in [9.17, 15) is 4.79 Å². The lowest BCUT2D eigenvalue weighted by Gasteiger charge is -2.39. The topological polar surface area (TPSA) is 49.6 Å². The first kappa shape index (κ1) is 14.8. The zero-order valence-corrected chi connectivity index (χ0v) is 12.5. The molecule has 1 aliphatic carbocycles. The molecule has 0 spiro atoms. The Labute approximate surface area is 117 Å². The van der Waals surface area contributed by atoms with Crippen LogP contribution < -0.4 is 5.73 Å². The molecule has 2 N–H and O–H groups in total. The summed E-state index contributed by atoms with van der Waals surface area (Å²) in [6.45, 7) is 8.17. The van der Waals surface area contributed by atoms with Gasteiger partial charge in [-0.2, -0.15) is 0 Å². The second kappa shape index (κ2) is 6.23. The number of hydrogen-bond donors (Lipinski definition) is 1. The van der Waals surface area contributed by atoms with Crippen molar-refractivity contribution < 1.29 is 4.79 Å². The highest BCUT2D eigenvalue weighted by Crippen LogP contribution is 2.29. The van der Waals surface area contributed by atoms with Gasteiger partial charge < -0.3 is 10.6 Å². The van der Waals surface area contributed by atoms with E-state index in [1.54, 1.807) is 0 Å². The van der Waals surface area contributed by atoms with Gasteiger partial charge in [0.1, 0.15) is 0 Å². The van der Waals surface area contributed by atoms with Crippen LogP contribution in [0.3, 0.4) is 0 Å². The van der Waals surface area contributed by atoms with E-state index in [1.165, 1.54) is 19.3 Å². The molecule has 19 heavy (non-hydrogen) atoms. The zero-order valence-electron chi connectivity index (χ0n) is 12.5. The molecule has 0 atom stereocenters. The van der Waals surface area contributed by atoms with Crippen molar-refractivity contribution in [2.75, 3.05) is 26.2 Å². The van der Waals surface area contributed by atoms with E-state index in [0.717, 1.165) is 39.0 Å². The van der Waals surface area contributed by atoms with Crippen LogP contribution in [0.1, 0.15) is 52.4 Å². The predicted molar refractivity (Wildman–Crippen MR) is 77.9 cm³/mol. The number of nitrogens with zero attached hydrogens (tertiary/aromatic N) is 2. The van der Waals surface area contributed by atoms with Gasteiger partial charge >= 0.3 is 0 Å². The first-order valence-corrected chi connectivity index (χ1v) is 7.81. The van der Waals surface area contributed by atoms with E-state index < -0.39 is 0 Å². The quantitative estimate of drug-likeness (QED) is 0.845. The molecule has 1 aliphatic heterocycles. The van der Waals surface area contributed by atoms with Crippen molar-refractivity contribution >= 4 is 5.91 Å². The molecule has 0 bridgehead atoms. The van der Waals surface area contributed by atoms with Gasteiger partial charge in [0.25, 0.3) is 0 Å². The maximum Gasteiger partial charge on any atom is 0.224 e. The van der Waals surface area contributed by atoms with Crippen molar-refractivity contribution in [1.29, 1.82) is 0 Å². The van der Waals surface area contributed by atoms with Crippen LogP contribution in [0.5, 0.6) is 0 Å². The fraction of sp³-hybridized carbons (Fsp3) is 0.933. The van der Waals surface area contributed by atoms with Crippen LogP contribution in [0.2, 0.25) is 0 Å². The Morgan fingerprint density at radius 1 is 1.11 bits per heavy atom. The molecule has 0 aromatic carbocycles. The molecule has 110 valence electrons. The average molecular weight is 267 g/mol. The minimum atomic E-state index is -0.218. The lowest BCUT2D eigenvalue weighted by atomic mass is 9.80. The van der Waals surface area contributed by atoms with Gasteiger partial charge in [0.05, 0.1) is 0 Å². The SMILES string of the molecule is CC(C)N1CCN(C(=O)CC2(N)CCCCC2)CC1. The van der Waals surface area contributed by atoms with Crippen LogP contribution in [0, 0.1) is 0 Å². The first-order chi connectivity index (χ1) is 9.00. The Bertz CT molecular complexity index is 303. The van der Waals surface area contributed by atoms with Crippen LogP contribution in [-0.4, -0.2) is 53.5 Å². The van der Waals surface area contributed by atoms with Gasteiger partial charge in [0.15, 0.2) is 0 Å². The normalized spacial score (nSPS) is 24.7. The fourth-order valence-corrected chi connectivity index (χ4v) is 3.33. The molecule has 4 heteroatoms. The molecule has 1 saturated heterocycles. The van der Waals surface area contributed by atoms with Crippen LogP contribution in [0.15, 0.2) is 0 Å². The summed E-state index contributed by atoms with van der Waals surface area (Å²) in [5, 5.41) is 0. The number of hydrogen-bond acceptors (Lipinski definition) is 3. The lowest BCUT2D eigenvalue weighted by Crippen LogP contribution is -2.53. The molecule has 0 aromatic heterocycles. The highest BCUT2D eigenvalue weighted by atomic mass is 16.2. The third-order valence-electron chi connectivity index (χ3n) is 4.75. The Morgan fingerprint density at radius 3 is 2.21 bits per heavy atom. The molecule has 1 heterocycles.